The first-order valence-electron chi connectivity index (χ1n) is 9.30. The van der Waals surface area contributed by atoms with Crippen molar-refractivity contribution in [1.29, 1.82) is 0 Å². The zero-order valence-corrected chi connectivity index (χ0v) is 15.7. The highest BCUT2D eigenvalue weighted by molar-refractivity contribution is 5.79. The van der Waals surface area contributed by atoms with Gasteiger partial charge in [0.1, 0.15) is 5.75 Å². The summed E-state index contributed by atoms with van der Waals surface area (Å²) in [5.74, 6) is 1.24. The topological polar surface area (TPSA) is 32.8 Å². The lowest BCUT2D eigenvalue weighted by molar-refractivity contribution is -0.136. The number of benzene rings is 2. The Morgan fingerprint density at radius 2 is 1.88 bits per heavy atom. The number of methoxy groups -OCH3 is 1. The van der Waals surface area contributed by atoms with Crippen LogP contribution in [0.15, 0.2) is 54.6 Å². The number of piperidine rings is 1. The minimum atomic E-state index is 0.0761. The van der Waals surface area contributed by atoms with Crippen LogP contribution in [-0.4, -0.2) is 43.0 Å². The summed E-state index contributed by atoms with van der Waals surface area (Å²) in [4.78, 5) is 17.1. The van der Waals surface area contributed by atoms with Crippen molar-refractivity contribution in [3.05, 3.63) is 65.7 Å². The first kappa shape index (κ1) is 18.5. The fourth-order valence-corrected chi connectivity index (χ4v) is 3.72. The summed E-state index contributed by atoms with van der Waals surface area (Å²) >= 11 is 0. The van der Waals surface area contributed by atoms with Crippen molar-refractivity contribution in [3.8, 4) is 5.75 Å². The Bertz CT molecular complexity index is 717. The van der Waals surface area contributed by atoms with Gasteiger partial charge in [0, 0.05) is 32.2 Å². The summed E-state index contributed by atoms with van der Waals surface area (Å²) in [6, 6.07) is 18.3. The van der Waals surface area contributed by atoms with Crippen LogP contribution in [0, 0.1) is 5.92 Å². The molecule has 4 heteroatoms. The molecule has 26 heavy (non-hydrogen) atoms. The first-order valence-corrected chi connectivity index (χ1v) is 9.30. The number of nitrogens with zero attached hydrogens (tertiary/aromatic N) is 2. The molecule has 0 bridgehead atoms. The van der Waals surface area contributed by atoms with E-state index in [1.807, 2.05) is 48.3 Å². The van der Waals surface area contributed by atoms with Gasteiger partial charge in [0.05, 0.1) is 13.0 Å². The molecule has 1 aliphatic heterocycles. The number of hydrogen-bond acceptors (Lipinski definition) is 3. The molecule has 0 aliphatic carbocycles. The maximum absolute atomic E-state index is 12.9. The van der Waals surface area contributed by atoms with Gasteiger partial charge in [0.25, 0.3) is 0 Å². The molecule has 1 atom stereocenters. The number of ether oxygens (including phenoxy) is 1. The van der Waals surface area contributed by atoms with Crippen LogP contribution in [0.5, 0.6) is 5.75 Å². The lowest BCUT2D eigenvalue weighted by Gasteiger charge is -2.34. The Morgan fingerprint density at radius 1 is 1.15 bits per heavy atom. The van der Waals surface area contributed by atoms with Crippen LogP contribution in [0.3, 0.4) is 0 Å². The third-order valence-electron chi connectivity index (χ3n) is 5.08. The molecule has 1 heterocycles. The fourth-order valence-electron chi connectivity index (χ4n) is 3.72. The Labute approximate surface area is 156 Å². The second-order valence-electron chi connectivity index (χ2n) is 7.07. The molecule has 0 spiro atoms. The van der Waals surface area contributed by atoms with Crippen molar-refractivity contribution >= 4 is 5.91 Å². The lowest BCUT2D eigenvalue weighted by atomic mass is 9.96. The van der Waals surface area contributed by atoms with Crippen LogP contribution in [0.1, 0.15) is 24.0 Å². The average Bonchev–Trinajstić information content (AvgIpc) is 2.69. The molecule has 1 fully saturated rings. The zero-order valence-electron chi connectivity index (χ0n) is 15.7. The van der Waals surface area contributed by atoms with Gasteiger partial charge in [-0.2, -0.15) is 0 Å². The Kier molecular flexibility index (Phi) is 6.29. The van der Waals surface area contributed by atoms with Crippen LogP contribution < -0.4 is 4.74 Å². The summed E-state index contributed by atoms with van der Waals surface area (Å²) < 4.78 is 5.46. The summed E-state index contributed by atoms with van der Waals surface area (Å²) in [7, 11) is 3.62. The van der Waals surface area contributed by atoms with Crippen LogP contribution in [0.25, 0.3) is 0 Å². The summed E-state index contributed by atoms with van der Waals surface area (Å²) in [6.45, 7) is 3.35. The number of carbonyl (C=O) groups is 1. The summed E-state index contributed by atoms with van der Waals surface area (Å²) in [6.07, 6.45) is 2.03. The van der Waals surface area contributed by atoms with Gasteiger partial charge in [-0.05, 0) is 31.0 Å². The van der Waals surface area contributed by atoms with E-state index in [9.17, 15) is 4.79 Å². The van der Waals surface area contributed by atoms with E-state index in [2.05, 4.69) is 23.1 Å². The van der Waals surface area contributed by atoms with Gasteiger partial charge >= 0.3 is 0 Å². The molecule has 1 saturated heterocycles. The number of para-hydroxylation sites is 1. The monoisotopic (exact) mass is 352 g/mol. The van der Waals surface area contributed by atoms with Crippen LogP contribution in [0.2, 0.25) is 0 Å². The standard InChI is InChI=1S/C22H28N2O2/c1-23(15-18-9-4-3-5-10-18)22(25)20-12-8-14-24(17-20)16-19-11-6-7-13-21(19)26-2/h3-7,9-11,13,20H,8,12,14-17H2,1-2H3/t20-/m0/s1. The second kappa shape index (κ2) is 8.86. The molecule has 3 rings (SSSR count). The van der Waals surface area contributed by atoms with E-state index in [4.69, 9.17) is 4.74 Å². The first-order chi connectivity index (χ1) is 12.7. The maximum Gasteiger partial charge on any atom is 0.227 e. The van der Waals surface area contributed by atoms with Gasteiger partial charge < -0.3 is 9.64 Å². The van der Waals surface area contributed by atoms with Gasteiger partial charge in [-0.1, -0.05) is 48.5 Å². The van der Waals surface area contributed by atoms with E-state index in [1.54, 1.807) is 7.11 Å². The molecule has 0 aromatic heterocycles. The summed E-state index contributed by atoms with van der Waals surface area (Å²) in [5.41, 5.74) is 2.35. The SMILES string of the molecule is COc1ccccc1CN1CCC[C@H](C(=O)N(C)Cc2ccccc2)C1. The molecule has 138 valence electrons. The number of amides is 1. The molecule has 0 N–H and O–H groups in total. The predicted octanol–water partition coefficient (Wildman–Crippen LogP) is 3.57. The third-order valence-corrected chi connectivity index (χ3v) is 5.08. The van der Waals surface area contributed by atoms with E-state index in [0.717, 1.165) is 38.2 Å². The third kappa shape index (κ3) is 4.64. The molecule has 2 aromatic carbocycles. The largest absolute Gasteiger partial charge is 0.496 e. The molecule has 1 aliphatic rings. The van der Waals surface area contributed by atoms with E-state index in [-0.39, 0.29) is 11.8 Å². The van der Waals surface area contributed by atoms with E-state index >= 15 is 0 Å². The quantitative estimate of drug-likeness (QED) is 0.797. The average molecular weight is 352 g/mol. The van der Waals surface area contributed by atoms with Gasteiger partial charge in [-0.15, -0.1) is 0 Å². The van der Waals surface area contributed by atoms with Crippen molar-refractivity contribution in [2.24, 2.45) is 5.92 Å². The van der Waals surface area contributed by atoms with E-state index in [1.165, 1.54) is 11.1 Å². The van der Waals surface area contributed by atoms with Crippen molar-refractivity contribution in [2.75, 3.05) is 27.2 Å². The van der Waals surface area contributed by atoms with E-state index < -0.39 is 0 Å². The highest BCUT2D eigenvalue weighted by Gasteiger charge is 2.28. The molecular formula is C22H28N2O2. The molecule has 0 radical (unpaired) electrons. The minimum absolute atomic E-state index is 0.0761. The Hall–Kier alpha value is -2.33. The van der Waals surface area contributed by atoms with Crippen LogP contribution in [-0.2, 0) is 17.9 Å². The van der Waals surface area contributed by atoms with Gasteiger partial charge in [-0.25, -0.2) is 0 Å². The number of rotatable bonds is 6. The van der Waals surface area contributed by atoms with Crippen molar-refractivity contribution in [1.82, 2.24) is 9.80 Å². The van der Waals surface area contributed by atoms with Crippen molar-refractivity contribution in [2.45, 2.75) is 25.9 Å². The summed E-state index contributed by atoms with van der Waals surface area (Å²) in [5, 5.41) is 0. The van der Waals surface area contributed by atoms with E-state index in [0.29, 0.717) is 6.54 Å². The van der Waals surface area contributed by atoms with Gasteiger partial charge in [-0.3, -0.25) is 9.69 Å². The Balaban J connectivity index is 1.59. The molecule has 0 unspecified atom stereocenters. The molecular weight excluding hydrogens is 324 g/mol. The van der Waals surface area contributed by atoms with Gasteiger partial charge in [0.15, 0.2) is 0 Å². The Morgan fingerprint density at radius 3 is 2.65 bits per heavy atom. The predicted molar refractivity (Wildman–Crippen MR) is 104 cm³/mol. The molecule has 2 aromatic rings. The van der Waals surface area contributed by atoms with Crippen LogP contribution in [0.4, 0.5) is 0 Å². The fraction of sp³-hybridized carbons (Fsp3) is 0.409. The minimum Gasteiger partial charge on any atom is -0.496 e. The van der Waals surface area contributed by atoms with Crippen molar-refractivity contribution in [3.63, 3.8) is 0 Å². The van der Waals surface area contributed by atoms with Gasteiger partial charge in [0.2, 0.25) is 5.91 Å². The zero-order chi connectivity index (χ0) is 18.4. The normalized spacial score (nSPS) is 17.7. The highest BCUT2D eigenvalue weighted by atomic mass is 16.5. The van der Waals surface area contributed by atoms with Crippen molar-refractivity contribution < 1.29 is 9.53 Å². The molecule has 4 nitrogen and oxygen atoms in total. The molecule has 1 amide bonds. The smallest absolute Gasteiger partial charge is 0.227 e. The highest BCUT2D eigenvalue weighted by Crippen LogP contribution is 2.24. The second-order valence-corrected chi connectivity index (χ2v) is 7.07. The molecule has 0 saturated carbocycles. The lowest BCUT2D eigenvalue weighted by Crippen LogP contribution is -2.43. The van der Waals surface area contributed by atoms with Crippen LogP contribution >= 0.6 is 0 Å². The number of hydrogen-bond donors (Lipinski definition) is 0. The maximum atomic E-state index is 12.9. The number of carbonyl (C=O) groups excluding carboxylic acids is 1. The number of likely N-dealkylation sites (tertiary alicyclic amines) is 1.